The lowest BCUT2D eigenvalue weighted by Crippen LogP contribution is -1.63. The minimum absolute atomic E-state index is 0.963. The summed E-state index contributed by atoms with van der Waals surface area (Å²) in [5.74, 6) is 0. The van der Waals surface area contributed by atoms with Crippen LogP contribution in [-0.2, 0) is 0 Å². The van der Waals surface area contributed by atoms with Gasteiger partial charge < -0.3 is 0 Å². The zero-order valence-electron chi connectivity index (χ0n) is 8.22. The predicted molar refractivity (Wildman–Crippen MR) is 54.7 cm³/mol. The van der Waals surface area contributed by atoms with Crippen molar-refractivity contribution in [3.05, 3.63) is 36.5 Å². The summed E-state index contributed by atoms with van der Waals surface area (Å²) >= 11 is 0. The van der Waals surface area contributed by atoms with E-state index in [-0.39, 0.29) is 0 Å². The van der Waals surface area contributed by atoms with E-state index >= 15 is 0 Å². The average Bonchev–Trinajstić information content (AvgIpc) is 2.08. The summed E-state index contributed by atoms with van der Waals surface area (Å²) in [6, 6.07) is 0. The van der Waals surface area contributed by atoms with Crippen LogP contribution in [0.2, 0.25) is 0 Å². The topological polar surface area (TPSA) is 0 Å². The standard InChI is InChI=1S/C9H14.C2H6/c1-4-6-7-8-9(3)5-2;1-2/h4-5,7-8H,1,6H2,2-3H3;1-2H3/b8-7-,9-5-;. The zero-order valence-corrected chi connectivity index (χ0v) is 8.22. The Hall–Kier alpha value is -0.780. The molecular weight excluding hydrogens is 132 g/mol. The molecule has 0 aromatic carbocycles. The van der Waals surface area contributed by atoms with Crippen LogP contribution in [0, 0.1) is 0 Å². The minimum Gasteiger partial charge on any atom is -0.103 e. The molecule has 0 aromatic heterocycles. The molecule has 11 heavy (non-hydrogen) atoms. The van der Waals surface area contributed by atoms with Crippen molar-refractivity contribution < 1.29 is 0 Å². The molecule has 0 radical (unpaired) electrons. The van der Waals surface area contributed by atoms with E-state index in [1.807, 2.05) is 26.8 Å². The summed E-state index contributed by atoms with van der Waals surface area (Å²) in [6.07, 6.45) is 9.13. The Morgan fingerprint density at radius 3 is 2.27 bits per heavy atom. The van der Waals surface area contributed by atoms with Crippen molar-refractivity contribution >= 4 is 0 Å². The van der Waals surface area contributed by atoms with Crippen molar-refractivity contribution in [2.75, 3.05) is 0 Å². The van der Waals surface area contributed by atoms with Gasteiger partial charge in [0.05, 0.1) is 0 Å². The van der Waals surface area contributed by atoms with Gasteiger partial charge in [-0.1, -0.05) is 43.7 Å². The van der Waals surface area contributed by atoms with Gasteiger partial charge in [-0.15, -0.1) is 6.58 Å². The maximum atomic E-state index is 3.61. The van der Waals surface area contributed by atoms with Crippen LogP contribution in [0.1, 0.15) is 34.1 Å². The molecule has 0 aliphatic rings. The first-order valence-electron chi connectivity index (χ1n) is 4.21. The molecule has 0 saturated carbocycles. The molecule has 0 aromatic rings. The Morgan fingerprint density at radius 2 is 1.91 bits per heavy atom. The van der Waals surface area contributed by atoms with E-state index in [9.17, 15) is 0 Å². The highest BCUT2D eigenvalue weighted by Crippen LogP contribution is 1.94. The predicted octanol–water partition coefficient (Wildman–Crippen LogP) is 4.11. The van der Waals surface area contributed by atoms with Crippen LogP contribution in [0.5, 0.6) is 0 Å². The molecule has 64 valence electrons. The summed E-state index contributed by atoms with van der Waals surface area (Å²) in [5.41, 5.74) is 1.30. The maximum absolute atomic E-state index is 3.61. The number of hydrogen-bond donors (Lipinski definition) is 0. The van der Waals surface area contributed by atoms with Crippen LogP contribution < -0.4 is 0 Å². The summed E-state index contributed by atoms with van der Waals surface area (Å²) in [7, 11) is 0. The monoisotopic (exact) mass is 152 g/mol. The lowest BCUT2D eigenvalue weighted by Gasteiger charge is -1.84. The molecule has 0 bridgehead atoms. The molecule has 0 nitrogen and oxygen atoms in total. The highest BCUT2D eigenvalue weighted by Gasteiger charge is 1.73. The lowest BCUT2D eigenvalue weighted by atomic mass is 10.2. The summed E-state index contributed by atoms with van der Waals surface area (Å²) in [6.45, 7) is 11.7. The Labute approximate surface area is 71.3 Å². The van der Waals surface area contributed by atoms with Crippen LogP contribution in [0.4, 0.5) is 0 Å². The first-order chi connectivity index (χ1) is 5.31. The Kier molecular flexibility index (Phi) is 14.0. The molecule has 0 rings (SSSR count). The van der Waals surface area contributed by atoms with Crippen LogP contribution in [-0.4, -0.2) is 0 Å². The van der Waals surface area contributed by atoms with Gasteiger partial charge in [0, 0.05) is 0 Å². The number of rotatable bonds is 3. The van der Waals surface area contributed by atoms with Crippen LogP contribution in [0.25, 0.3) is 0 Å². The SMILES string of the molecule is C=CC/C=C\C(C)=C/C.CC. The van der Waals surface area contributed by atoms with Crippen molar-refractivity contribution in [2.24, 2.45) is 0 Å². The molecule has 0 fully saturated rings. The molecule has 0 saturated heterocycles. The first kappa shape index (κ1) is 12.9. The third kappa shape index (κ3) is 12.4. The number of allylic oxidation sites excluding steroid dienone is 5. The zero-order chi connectivity index (χ0) is 9.11. The van der Waals surface area contributed by atoms with Crippen molar-refractivity contribution in [1.29, 1.82) is 0 Å². The van der Waals surface area contributed by atoms with E-state index in [0.29, 0.717) is 0 Å². The second-order valence-corrected chi connectivity index (χ2v) is 1.96. The molecule has 0 heteroatoms. The van der Waals surface area contributed by atoms with E-state index in [0.717, 1.165) is 6.42 Å². The normalized spacial score (nSPS) is 10.7. The van der Waals surface area contributed by atoms with Crippen LogP contribution in [0.15, 0.2) is 36.5 Å². The van der Waals surface area contributed by atoms with Crippen molar-refractivity contribution in [3.8, 4) is 0 Å². The second-order valence-electron chi connectivity index (χ2n) is 1.96. The van der Waals surface area contributed by atoms with Gasteiger partial charge in [-0.05, 0) is 20.3 Å². The van der Waals surface area contributed by atoms with Crippen LogP contribution >= 0.6 is 0 Å². The summed E-state index contributed by atoms with van der Waals surface area (Å²) < 4.78 is 0. The molecule has 0 atom stereocenters. The first-order valence-corrected chi connectivity index (χ1v) is 4.21. The number of hydrogen-bond acceptors (Lipinski definition) is 0. The smallest absolute Gasteiger partial charge is 0.0169 e. The quantitative estimate of drug-likeness (QED) is 0.421. The Balaban J connectivity index is 0. The molecule has 0 heterocycles. The third-order valence-corrected chi connectivity index (χ3v) is 1.14. The van der Waals surface area contributed by atoms with E-state index in [4.69, 9.17) is 0 Å². The summed E-state index contributed by atoms with van der Waals surface area (Å²) in [4.78, 5) is 0. The van der Waals surface area contributed by atoms with Gasteiger partial charge in [-0.2, -0.15) is 0 Å². The van der Waals surface area contributed by atoms with Gasteiger partial charge in [0.25, 0.3) is 0 Å². The van der Waals surface area contributed by atoms with Crippen molar-refractivity contribution in [2.45, 2.75) is 34.1 Å². The molecule has 0 N–H and O–H groups in total. The minimum atomic E-state index is 0.963. The van der Waals surface area contributed by atoms with Gasteiger partial charge in [0.15, 0.2) is 0 Å². The fourth-order valence-electron chi connectivity index (χ4n) is 0.446. The molecule has 0 amide bonds. The van der Waals surface area contributed by atoms with Gasteiger partial charge in [-0.25, -0.2) is 0 Å². The highest BCUT2D eigenvalue weighted by molar-refractivity contribution is 5.15. The Morgan fingerprint density at radius 1 is 1.36 bits per heavy atom. The molecule has 0 spiro atoms. The second kappa shape index (κ2) is 12.0. The van der Waals surface area contributed by atoms with Crippen molar-refractivity contribution in [1.82, 2.24) is 0 Å². The van der Waals surface area contributed by atoms with Crippen molar-refractivity contribution in [3.63, 3.8) is 0 Å². The van der Waals surface area contributed by atoms with E-state index in [1.54, 1.807) is 0 Å². The van der Waals surface area contributed by atoms with E-state index in [1.165, 1.54) is 5.57 Å². The van der Waals surface area contributed by atoms with E-state index in [2.05, 4.69) is 31.7 Å². The highest BCUT2D eigenvalue weighted by atomic mass is 13.8. The molecule has 0 aliphatic carbocycles. The van der Waals surface area contributed by atoms with Crippen LogP contribution in [0.3, 0.4) is 0 Å². The fourth-order valence-corrected chi connectivity index (χ4v) is 0.446. The third-order valence-electron chi connectivity index (χ3n) is 1.14. The Bertz CT molecular complexity index is 127. The largest absolute Gasteiger partial charge is 0.103 e. The average molecular weight is 152 g/mol. The van der Waals surface area contributed by atoms with Gasteiger partial charge in [-0.3, -0.25) is 0 Å². The van der Waals surface area contributed by atoms with Gasteiger partial charge in [0.2, 0.25) is 0 Å². The van der Waals surface area contributed by atoms with E-state index < -0.39 is 0 Å². The molecule has 0 unspecified atom stereocenters. The van der Waals surface area contributed by atoms with Gasteiger partial charge in [0.1, 0.15) is 0 Å². The molecular formula is C11H20. The molecule has 0 aliphatic heterocycles. The van der Waals surface area contributed by atoms with Gasteiger partial charge >= 0.3 is 0 Å². The fraction of sp³-hybridized carbons (Fsp3) is 0.455. The summed E-state index contributed by atoms with van der Waals surface area (Å²) in [5, 5.41) is 0. The lowest BCUT2D eigenvalue weighted by molar-refractivity contribution is 1.37. The maximum Gasteiger partial charge on any atom is -0.0169 e.